The molecule has 6 nitrogen and oxygen atoms in total. The van der Waals surface area contributed by atoms with Crippen LogP contribution in [0.1, 0.15) is 45.7 Å². The quantitative estimate of drug-likeness (QED) is 0.239. The van der Waals surface area contributed by atoms with Crippen LogP contribution in [0.3, 0.4) is 0 Å². The van der Waals surface area contributed by atoms with Crippen molar-refractivity contribution in [2.24, 2.45) is 5.73 Å². The van der Waals surface area contributed by atoms with Crippen LogP contribution in [0.2, 0.25) is 0 Å². The Balaban J connectivity index is 1.48. The van der Waals surface area contributed by atoms with Crippen molar-refractivity contribution in [2.75, 3.05) is 0 Å². The van der Waals surface area contributed by atoms with Crippen LogP contribution in [0, 0.1) is 18.3 Å². The van der Waals surface area contributed by atoms with Crippen LogP contribution in [-0.2, 0) is 6.42 Å². The Hall–Kier alpha value is -4.02. The number of ether oxygens (including phenoxy) is 2. The molecule has 2 N–H and O–H groups in total. The van der Waals surface area contributed by atoms with E-state index in [1.807, 2.05) is 43.3 Å². The zero-order valence-corrected chi connectivity index (χ0v) is 20.7. The van der Waals surface area contributed by atoms with E-state index in [9.17, 15) is 10.1 Å². The van der Waals surface area contributed by atoms with Gasteiger partial charge in [0.25, 0.3) is 0 Å². The number of halogens is 1. The number of aryl methyl sites for hydroxylation is 2. The van der Waals surface area contributed by atoms with Crippen molar-refractivity contribution >= 4 is 32.9 Å². The van der Waals surface area contributed by atoms with Gasteiger partial charge in [0.2, 0.25) is 11.6 Å². The molecule has 4 aromatic rings. The molecule has 1 aliphatic heterocycles. The maximum Gasteiger partial charge on any atom is 0.379 e. The Bertz CT molecular complexity index is 1540. The molecule has 2 heterocycles. The van der Waals surface area contributed by atoms with Gasteiger partial charge in [-0.15, -0.1) is 0 Å². The van der Waals surface area contributed by atoms with E-state index in [2.05, 4.69) is 28.9 Å². The summed E-state index contributed by atoms with van der Waals surface area (Å²) in [7, 11) is 0. The summed E-state index contributed by atoms with van der Waals surface area (Å²) in [5.74, 6) is -0.109. The predicted molar refractivity (Wildman–Crippen MR) is 135 cm³/mol. The summed E-state index contributed by atoms with van der Waals surface area (Å²) in [6.07, 6.45) is 0.921. The minimum absolute atomic E-state index is 0.0340. The van der Waals surface area contributed by atoms with E-state index < -0.39 is 5.97 Å². The number of hydrogen-bond acceptors (Lipinski definition) is 6. The van der Waals surface area contributed by atoms with Crippen LogP contribution in [0.15, 0.2) is 81.0 Å². The summed E-state index contributed by atoms with van der Waals surface area (Å²) in [6, 6.07) is 20.9. The number of carbonyl (C=O) groups excluding carboxylic acids is 1. The molecule has 0 aliphatic carbocycles. The highest BCUT2D eigenvalue weighted by atomic mass is 79.9. The second-order valence-corrected chi connectivity index (χ2v) is 9.22. The fraction of sp³-hybridized carbons (Fsp3) is 0.143. The van der Waals surface area contributed by atoms with Gasteiger partial charge in [0, 0.05) is 27.1 Å². The van der Waals surface area contributed by atoms with E-state index in [1.54, 1.807) is 24.3 Å². The average molecular weight is 529 g/mol. The van der Waals surface area contributed by atoms with Crippen LogP contribution in [0.4, 0.5) is 0 Å². The molecule has 0 spiro atoms. The minimum Gasteiger partial charge on any atom is -0.449 e. The fourth-order valence-electron chi connectivity index (χ4n) is 4.33. The molecule has 7 heteroatoms. The van der Waals surface area contributed by atoms with Gasteiger partial charge in [0.05, 0.1) is 5.92 Å². The smallest absolute Gasteiger partial charge is 0.379 e. The van der Waals surface area contributed by atoms with Crippen LogP contribution in [0.5, 0.6) is 11.5 Å². The topological polar surface area (TPSA) is 98.5 Å². The van der Waals surface area contributed by atoms with E-state index in [1.165, 1.54) is 5.56 Å². The Labute approximate surface area is 210 Å². The van der Waals surface area contributed by atoms with Gasteiger partial charge in [-0.1, -0.05) is 53.2 Å². The van der Waals surface area contributed by atoms with Crippen LogP contribution in [-0.4, -0.2) is 5.97 Å². The molecule has 5 rings (SSSR count). The first-order valence-electron chi connectivity index (χ1n) is 11.1. The minimum atomic E-state index is -0.612. The fourth-order valence-corrected chi connectivity index (χ4v) is 4.69. The van der Waals surface area contributed by atoms with E-state index >= 15 is 0 Å². The normalized spacial score (nSPS) is 14.9. The second kappa shape index (κ2) is 8.97. The molecule has 35 heavy (non-hydrogen) atoms. The standard InChI is InChI=1S/C28H21BrN2O4/c1-3-16-4-6-17(7-5-16)25-20-10-9-19(13-24(20)35-27(31)22(25)14-30)33-28(32)26-15(2)21-12-18(29)8-11-23(21)34-26/h4-13,25H,3,31H2,1-2H3. The molecule has 1 aromatic heterocycles. The van der Waals surface area contributed by atoms with Crippen molar-refractivity contribution < 1.29 is 18.7 Å². The largest absolute Gasteiger partial charge is 0.449 e. The van der Waals surface area contributed by atoms with Gasteiger partial charge in [-0.05, 0) is 48.7 Å². The van der Waals surface area contributed by atoms with Crippen molar-refractivity contribution in [3.8, 4) is 17.6 Å². The van der Waals surface area contributed by atoms with Gasteiger partial charge in [0.1, 0.15) is 28.7 Å². The van der Waals surface area contributed by atoms with Crippen molar-refractivity contribution in [2.45, 2.75) is 26.2 Å². The third-order valence-corrected chi connectivity index (χ3v) is 6.70. The van der Waals surface area contributed by atoms with Crippen LogP contribution in [0.25, 0.3) is 11.0 Å². The van der Waals surface area contributed by atoms with Gasteiger partial charge in [-0.2, -0.15) is 5.26 Å². The number of esters is 1. The number of nitrogens with zero attached hydrogens (tertiary/aromatic N) is 1. The molecule has 0 fully saturated rings. The highest BCUT2D eigenvalue weighted by molar-refractivity contribution is 9.10. The molecule has 0 radical (unpaired) electrons. The number of rotatable bonds is 4. The lowest BCUT2D eigenvalue weighted by Gasteiger charge is -2.26. The first-order valence-corrected chi connectivity index (χ1v) is 11.9. The summed E-state index contributed by atoms with van der Waals surface area (Å²) in [5.41, 5.74) is 10.7. The number of furan rings is 1. The highest BCUT2D eigenvalue weighted by Gasteiger charge is 2.31. The molecule has 0 amide bonds. The third kappa shape index (κ3) is 4.07. The maximum absolute atomic E-state index is 12.9. The summed E-state index contributed by atoms with van der Waals surface area (Å²) < 4.78 is 18.0. The predicted octanol–water partition coefficient (Wildman–Crippen LogP) is 6.50. The molecule has 0 bridgehead atoms. The van der Waals surface area contributed by atoms with Crippen molar-refractivity contribution in [3.05, 3.63) is 105 Å². The maximum atomic E-state index is 12.9. The van der Waals surface area contributed by atoms with E-state index in [0.29, 0.717) is 22.5 Å². The van der Waals surface area contributed by atoms with E-state index in [4.69, 9.17) is 19.6 Å². The van der Waals surface area contributed by atoms with Gasteiger partial charge >= 0.3 is 5.97 Å². The highest BCUT2D eigenvalue weighted by Crippen LogP contribution is 2.43. The SMILES string of the molecule is CCc1ccc(C2C(C#N)=C(N)Oc3cc(OC(=O)c4oc5ccc(Br)cc5c4C)ccc32)cc1. The molecule has 3 aromatic carbocycles. The zero-order chi connectivity index (χ0) is 24.7. The third-order valence-electron chi connectivity index (χ3n) is 6.21. The number of allylic oxidation sites excluding steroid dienone is 1. The molecular weight excluding hydrogens is 508 g/mol. The molecule has 174 valence electrons. The Morgan fingerprint density at radius 3 is 2.63 bits per heavy atom. The molecular formula is C28H21BrN2O4. The molecule has 1 unspecified atom stereocenters. The van der Waals surface area contributed by atoms with Gasteiger partial charge in [-0.3, -0.25) is 0 Å². The number of nitrogens with two attached hydrogens (primary N) is 1. The van der Waals surface area contributed by atoms with Crippen LogP contribution >= 0.6 is 15.9 Å². The van der Waals surface area contributed by atoms with Gasteiger partial charge in [-0.25, -0.2) is 4.79 Å². The zero-order valence-electron chi connectivity index (χ0n) is 19.1. The number of fused-ring (bicyclic) bond motifs is 2. The summed E-state index contributed by atoms with van der Waals surface area (Å²) in [5, 5.41) is 10.6. The molecule has 1 atom stereocenters. The number of nitriles is 1. The first kappa shape index (κ1) is 22.8. The Kier molecular flexibility index (Phi) is 5.83. The number of benzene rings is 3. The Morgan fingerprint density at radius 1 is 1.14 bits per heavy atom. The van der Waals surface area contributed by atoms with Gasteiger partial charge in [0.15, 0.2) is 0 Å². The average Bonchev–Trinajstić information content (AvgIpc) is 3.19. The van der Waals surface area contributed by atoms with Crippen molar-refractivity contribution in [3.63, 3.8) is 0 Å². The number of carbonyl (C=O) groups is 1. The first-order chi connectivity index (χ1) is 16.9. The van der Waals surface area contributed by atoms with E-state index in [-0.39, 0.29) is 23.3 Å². The molecule has 0 saturated heterocycles. The van der Waals surface area contributed by atoms with Crippen molar-refractivity contribution in [1.82, 2.24) is 0 Å². The summed E-state index contributed by atoms with van der Waals surface area (Å²) in [4.78, 5) is 12.9. The Morgan fingerprint density at radius 2 is 1.91 bits per heavy atom. The molecule has 1 aliphatic rings. The van der Waals surface area contributed by atoms with Gasteiger partial charge < -0.3 is 19.6 Å². The van der Waals surface area contributed by atoms with Crippen LogP contribution < -0.4 is 15.2 Å². The lowest BCUT2D eigenvalue weighted by atomic mass is 9.83. The summed E-state index contributed by atoms with van der Waals surface area (Å²) >= 11 is 3.44. The second-order valence-electron chi connectivity index (χ2n) is 8.31. The van der Waals surface area contributed by atoms with Crippen molar-refractivity contribution in [1.29, 1.82) is 5.26 Å². The molecule has 0 saturated carbocycles. The monoisotopic (exact) mass is 528 g/mol. The lowest BCUT2D eigenvalue weighted by Crippen LogP contribution is -2.21. The lowest BCUT2D eigenvalue weighted by molar-refractivity contribution is 0.0702. The van der Waals surface area contributed by atoms with E-state index in [0.717, 1.165) is 27.4 Å². The number of hydrogen-bond donors (Lipinski definition) is 1. The summed E-state index contributed by atoms with van der Waals surface area (Å²) in [6.45, 7) is 3.90.